The number of hydrogen-bond donors (Lipinski definition) is 1. The maximum atomic E-state index is 11.3. The largest absolute Gasteiger partial charge is 0.494 e. The van der Waals surface area contributed by atoms with Crippen molar-refractivity contribution in [2.24, 2.45) is 16.6 Å². The smallest absolute Gasteiger partial charge is 0.241 e. The van der Waals surface area contributed by atoms with Crippen LogP contribution < -0.4 is 10.5 Å². The van der Waals surface area contributed by atoms with Gasteiger partial charge in [0.1, 0.15) is 11.4 Å². The monoisotopic (exact) mass is 369 g/mol. The number of para-hydroxylation sites is 1. The van der Waals surface area contributed by atoms with Crippen LogP contribution in [-0.2, 0) is 4.79 Å². The van der Waals surface area contributed by atoms with Gasteiger partial charge in [-0.05, 0) is 25.5 Å². The Balaban J connectivity index is 2.47. The van der Waals surface area contributed by atoms with Gasteiger partial charge in [0.25, 0.3) is 0 Å². The van der Waals surface area contributed by atoms with Crippen LogP contribution in [0.25, 0.3) is 0 Å². The minimum Gasteiger partial charge on any atom is -0.494 e. The van der Waals surface area contributed by atoms with Crippen LogP contribution in [0.15, 0.2) is 35.3 Å². The molecule has 7 heteroatoms. The Kier molecular flexibility index (Phi) is 7.38. The first kappa shape index (κ1) is 20.5. The molecule has 1 saturated heterocycles. The fraction of sp³-hybridized carbons (Fsp3) is 0.450. The lowest BCUT2D eigenvalue weighted by atomic mass is 9.94. The number of rotatable bonds is 7. The molecule has 0 aromatic heterocycles. The molecule has 1 aliphatic heterocycles. The molecular formula is C20H27N5O2. The molecule has 0 spiro atoms. The van der Waals surface area contributed by atoms with Crippen molar-refractivity contribution in [1.82, 2.24) is 9.80 Å². The highest BCUT2D eigenvalue weighted by Gasteiger charge is 2.28. The molecule has 1 aliphatic rings. The van der Waals surface area contributed by atoms with Gasteiger partial charge in [0.2, 0.25) is 5.91 Å². The third-order valence-electron chi connectivity index (χ3n) is 4.45. The maximum absolute atomic E-state index is 11.3. The van der Waals surface area contributed by atoms with Crippen LogP contribution in [0, 0.1) is 17.2 Å². The molecule has 0 radical (unpaired) electrons. The molecule has 2 unspecified atom stereocenters. The van der Waals surface area contributed by atoms with Gasteiger partial charge in [-0.25, -0.2) is 4.99 Å². The number of piperidine rings is 1. The summed E-state index contributed by atoms with van der Waals surface area (Å²) in [5, 5.41) is 9.33. The van der Waals surface area contributed by atoms with Gasteiger partial charge < -0.3 is 15.4 Å². The highest BCUT2D eigenvalue weighted by molar-refractivity contribution is 5.85. The predicted molar refractivity (Wildman–Crippen MR) is 106 cm³/mol. The SMILES string of the molecule is COc1c(N=CN(C)C)cccc1C(C=CC(N)=O)N1CCCC(C#N)C1. The number of carbonyl (C=O) groups excluding carboxylic acids is 1. The molecule has 2 atom stereocenters. The highest BCUT2D eigenvalue weighted by Crippen LogP contribution is 2.39. The molecule has 0 saturated carbocycles. The van der Waals surface area contributed by atoms with E-state index in [1.54, 1.807) is 19.5 Å². The maximum Gasteiger partial charge on any atom is 0.241 e. The molecule has 2 rings (SSSR count). The first-order chi connectivity index (χ1) is 13.0. The van der Waals surface area contributed by atoms with Gasteiger partial charge in [-0.1, -0.05) is 18.2 Å². The Labute approximate surface area is 160 Å². The van der Waals surface area contributed by atoms with Crippen molar-refractivity contribution in [3.63, 3.8) is 0 Å². The lowest BCUT2D eigenvalue weighted by Gasteiger charge is -2.35. The van der Waals surface area contributed by atoms with Crippen LogP contribution in [0.3, 0.4) is 0 Å². The molecular weight excluding hydrogens is 342 g/mol. The van der Waals surface area contributed by atoms with Gasteiger partial charge in [-0.2, -0.15) is 5.26 Å². The second kappa shape index (κ2) is 9.74. The average Bonchev–Trinajstić information content (AvgIpc) is 2.66. The lowest BCUT2D eigenvalue weighted by Crippen LogP contribution is -2.37. The Morgan fingerprint density at radius 1 is 1.52 bits per heavy atom. The van der Waals surface area contributed by atoms with Crippen molar-refractivity contribution in [1.29, 1.82) is 5.26 Å². The van der Waals surface area contributed by atoms with Gasteiger partial charge >= 0.3 is 0 Å². The summed E-state index contributed by atoms with van der Waals surface area (Å²) < 4.78 is 5.67. The summed E-state index contributed by atoms with van der Waals surface area (Å²) >= 11 is 0. The number of primary amides is 1. The van der Waals surface area contributed by atoms with E-state index in [9.17, 15) is 10.1 Å². The van der Waals surface area contributed by atoms with E-state index in [2.05, 4.69) is 16.0 Å². The van der Waals surface area contributed by atoms with Crippen molar-refractivity contribution < 1.29 is 9.53 Å². The normalized spacial score (nSPS) is 19.1. The number of benzene rings is 1. The summed E-state index contributed by atoms with van der Waals surface area (Å²) in [6, 6.07) is 7.89. The third kappa shape index (κ3) is 5.56. The van der Waals surface area contributed by atoms with Crippen LogP contribution in [0.4, 0.5) is 5.69 Å². The third-order valence-corrected chi connectivity index (χ3v) is 4.45. The van der Waals surface area contributed by atoms with Crippen LogP contribution in [0.2, 0.25) is 0 Å². The molecule has 144 valence electrons. The van der Waals surface area contributed by atoms with E-state index in [1.807, 2.05) is 37.2 Å². The van der Waals surface area contributed by atoms with Gasteiger partial charge in [0, 0.05) is 32.3 Å². The molecule has 1 aromatic carbocycles. The summed E-state index contributed by atoms with van der Waals surface area (Å²) in [6.07, 6.45) is 6.68. The zero-order chi connectivity index (χ0) is 19.8. The highest BCUT2D eigenvalue weighted by atomic mass is 16.5. The molecule has 1 fully saturated rings. The summed E-state index contributed by atoms with van der Waals surface area (Å²) in [6.45, 7) is 1.47. The van der Waals surface area contributed by atoms with Crippen LogP contribution in [0.5, 0.6) is 5.75 Å². The number of hydrogen-bond acceptors (Lipinski definition) is 5. The quantitative estimate of drug-likeness (QED) is 0.452. The molecule has 1 amide bonds. The number of nitriles is 1. The van der Waals surface area contributed by atoms with Crippen molar-refractivity contribution >= 4 is 17.9 Å². The predicted octanol–water partition coefficient (Wildman–Crippen LogP) is 2.23. The number of nitrogens with two attached hydrogens (primary N) is 1. The zero-order valence-corrected chi connectivity index (χ0v) is 16.1. The number of amides is 1. The van der Waals surface area contributed by atoms with Crippen molar-refractivity contribution in [2.75, 3.05) is 34.3 Å². The first-order valence-corrected chi connectivity index (χ1v) is 8.95. The van der Waals surface area contributed by atoms with E-state index in [1.165, 1.54) is 6.08 Å². The minimum atomic E-state index is -0.505. The van der Waals surface area contributed by atoms with Crippen molar-refractivity contribution in [3.05, 3.63) is 35.9 Å². The molecule has 0 bridgehead atoms. The zero-order valence-electron chi connectivity index (χ0n) is 16.1. The second-order valence-electron chi connectivity index (χ2n) is 6.78. The van der Waals surface area contributed by atoms with Crippen LogP contribution in [0.1, 0.15) is 24.4 Å². The topological polar surface area (TPSA) is 94.9 Å². The number of carbonyl (C=O) groups is 1. The fourth-order valence-corrected chi connectivity index (χ4v) is 3.25. The molecule has 2 N–H and O–H groups in total. The van der Waals surface area contributed by atoms with Crippen molar-refractivity contribution in [2.45, 2.75) is 18.9 Å². The van der Waals surface area contributed by atoms with E-state index in [4.69, 9.17) is 10.5 Å². The number of methoxy groups -OCH3 is 1. The first-order valence-electron chi connectivity index (χ1n) is 8.95. The molecule has 0 aliphatic carbocycles. The van der Waals surface area contributed by atoms with Gasteiger partial charge in [0.05, 0.1) is 31.5 Å². The van der Waals surface area contributed by atoms with Gasteiger partial charge in [-0.15, -0.1) is 0 Å². The Morgan fingerprint density at radius 2 is 2.30 bits per heavy atom. The Bertz CT molecular complexity index is 751. The molecule has 7 nitrogen and oxygen atoms in total. The van der Waals surface area contributed by atoms with Gasteiger partial charge in [-0.3, -0.25) is 9.69 Å². The minimum absolute atomic E-state index is 0.0239. The molecule has 1 aromatic rings. The lowest BCUT2D eigenvalue weighted by molar-refractivity contribution is -0.113. The Hall–Kier alpha value is -2.85. The summed E-state index contributed by atoms with van der Waals surface area (Å²) in [4.78, 5) is 19.9. The van der Waals surface area contributed by atoms with E-state index >= 15 is 0 Å². The van der Waals surface area contributed by atoms with Crippen LogP contribution >= 0.6 is 0 Å². The van der Waals surface area contributed by atoms with E-state index in [0.29, 0.717) is 18.0 Å². The fourth-order valence-electron chi connectivity index (χ4n) is 3.25. The summed E-state index contributed by atoms with van der Waals surface area (Å²) in [5.74, 6) is 0.118. The van der Waals surface area contributed by atoms with Crippen molar-refractivity contribution in [3.8, 4) is 11.8 Å². The summed E-state index contributed by atoms with van der Waals surface area (Å²) in [5.41, 5.74) is 6.92. The number of aliphatic imine (C=N–C) groups is 1. The Morgan fingerprint density at radius 3 is 2.93 bits per heavy atom. The second-order valence-corrected chi connectivity index (χ2v) is 6.78. The average molecular weight is 369 g/mol. The molecule has 27 heavy (non-hydrogen) atoms. The van der Waals surface area contributed by atoms with E-state index in [0.717, 1.165) is 24.9 Å². The van der Waals surface area contributed by atoms with E-state index < -0.39 is 5.91 Å². The number of likely N-dealkylation sites (tertiary alicyclic amines) is 1. The van der Waals surface area contributed by atoms with E-state index in [-0.39, 0.29) is 12.0 Å². The number of nitrogens with zero attached hydrogens (tertiary/aromatic N) is 4. The standard InChI is InChI=1S/C20H27N5O2/c1-24(2)14-23-17-8-4-7-16(20(17)27-3)18(9-10-19(22)26)25-11-5-6-15(12-21)13-25/h4,7-10,14-15,18H,5-6,11,13H2,1-3H3,(H2,22,26). The van der Waals surface area contributed by atoms with Crippen LogP contribution in [-0.4, -0.2) is 56.3 Å². The molecule has 1 heterocycles. The van der Waals surface area contributed by atoms with Gasteiger partial charge in [0.15, 0.2) is 0 Å². The number of ether oxygens (including phenoxy) is 1. The summed E-state index contributed by atoms with van der Waals surface area (Å²) in [7, 11) is 5.40.